The van der Waals surface area contributed by atoms with E-state index >= 15 is 0 Å². The molecule has 0 saturated carbocycles. The molecule has 0 saturated heterocycles. The van der Waals surface area contributed by atoms with E-state index in [-0.39, 0.29) is 17.3 Å². The predicted molar refractivity (Wildman–Crippen MR) is 121 cm³/mol. The molecule has 0 atom stereocenters. The largest absolute Gasteiger partial charge is 0.456 e. The number of fused-ring (bicyclic) bond motifs is 2. The normalized spacial score (nSPS) is 11.3. The van der Waals surface area contributed by atoms with Crippen molar-refractivity contribution >= 4 is 39.1 Å². The Morgan fingerprint density at radius 3 is 2.58 bits per heavy atom. The lowest BCUT2D eigenvalue weighted by Crippen LogP contribution is -2.13. The van der Waals surface area contributed by atoms with Crippen molar-refractivity contribution < 1.29 is 9.21 Å². The van der Waals surface area contributed by atoms with Gasteiger partial charge in [-0.2, -0.15) is 4.98 Å². The van der Waals surface area contributed by atoms with Crippen LogP contribution in [-0.2, 0) is 0 Å². The van der Waals surface area contributed by atoms with Gasteiger partial charge in [0, 0.05) is 22.1 Å². The molecule has 1 N–H and O–H groups in total. The first-order valence-electron chi connectivity index (χ1n) is 9.68. The van der Waals surface area contributed by atoms with Gasteiger partial charge in [0.1, 0.15) is 11.3 Å². The number of rotatable bonds is 3. The highest BCUT2D eigenvalue weighted by Gasteiger charge is 2.14. The van der Waals surface area contributed by atoms with Crippen LogP contribution >= 0.6 is 11.3 Å². The fourth-order valence-corrected chi connectivity index (χ4v) is 4.27. The van der Waals surface area contributed by atoms with E-state index in [0.29, 0.717) is 27.9 Å². The van der Waals surface area contributed by atoms with Gasteiger partial charge in [0.05, 0.1) is 11.1 Å². The molecule has 0 spiro atoms. The molecular formula is C23H18N4O3S. The Kier molecular flexibility index (Phi) is 4.44. The van der Waals surface area contributed by atoms with Crippen LogP contribution in [0.1, 0.15) is 26.5 Å². The standard InChI is InChI=1S/C23H18N4O3S/c1-12-4-9-19-17(10-12)18(28)11-20(30-19)15-5-7-16(8-6-15)21(29)24-22-25-23-27(26-22)13(2)14(3)31-23/h4-11H,1-3H3,(H,24,26,29). The molecule has 0 aliphatic heterocycles. The van der Waals surface area contributed by atoms with E-state index in [1.54, 1.807) is 34.8 Å². The predicted octanol–water partition coefficient (Wildman–Crippen LogP) is 4.74. The van der Waals surface area contributed by atoms with Crippen LogP contribution < -0.4 is 10.7 Å². The average Bonchev–Trinajstić information content (AvgIpc) is 3.26. The molecule has 0 radical (unpaired) electrons. The van der Waals surface area contributed by atoms with Crippen molar-refractivity contribution in [3.8, 4) is 11.3 Å². The number of carbonyl (C=O) groups excluding carboxylic acids is 1. The van der Waals surface area contributed by atoms with Crippen LogP contribution in [0.2, 0.25) is 0 Å². The molecule has 0 fully saturated rings. The van der Waals surface area contributed by atoms with Crippen LogP contribution in [-0.4, -0.2) is 20.5 Å². The minimum atomic E-state index is -0.311. The van der Waals surface area contributed by atoms with Gasteiger partial charge in [0.2, 0.25) is 4.96 Å². The van der Waals surface area contributed by atoms with Crippen molar-refractivity contribution in [3.05, 3.63) is 80.5 Å². The number of aromatic nitrogens is 3. The molecule has 0 bridgehead atoms. The second-order valence-corrected chi connectivity index (χ2v) is 8.56. The zero-order valence-corrected chi connectivity index (χ0v) is 17.9. The van der Waals surface area contributed by atoms with Gasteiger partial charge in [-0.05, 0) is 45.0 Å². The van der Waals surface area contributed by atoms with E-state index in [0.717, 1.165) is 21.1 Å². The van der Waals surface area contributed by atoms with Gasteiger partial charge in [0.15, 0.2) is 5.43 Å². The Balaban J connectivity index is 1.40. The Morgan fingerprint density at radius 1 is 1.06 bits per heavy atom. The van der Waals surface area contributed by atoms with Crippen molar-refractivity contribution in [1.29, 1.82) is 0 Å². The molecule has 2 aromatic carbocycles. The number of nitrogens with one attached hydrogen (secondary N) is 1. The van der Waals surface area contributed by atoms with E-state index in [4.69, 9.17) is 4.42 Å². The summed E-state index contributed by atoms with van der Waals surface area (Å²) in [5.41, 5.74) is 3.60. The number of nitrogens with zero attached hydrogens (tertiary/aromatic N) is 3. The van der Waals surface area contributed by atoms with Gasteiger partial charge in [-0.1, -0.05) is 35.1 Å². The van der Waals surface area contributed by atoms with E-state index in [2.05, 4.69) is 15.4 Å². The van der Waals surface area contributed by atoms with Gasteiger partial charge < -0.3 is 4.42 Å². The number of anilines is 1. The van der Waals surface area contributed by atoms with E-state index in [1.807, 2.05) is 32.9 Å². The first-order valence-corrected chi connectivity index (χ1v) is 10.5. The Hall–Kier alpha value is -3.78. The summed E-state index contributed by atoms with van der Waals surface area (Å²) in [5.74, 6) is 0.407. The molecule has 154 valence electrons. The number of thiazole rings is 1. The van der Waals surface area contributed by atoms with Crippen LogP contribution in [0.5, 0.6) is 0 Å². The maximum Gasteiger partial charge on any atom is 0.258 e. The lowest BCUT2D eigenvalue weighted by molar-refractivity contribution is 0.102. The molecule has 31 heavy (non-hydrogen) atoms. The highest BCUT2D eigenvalue weighted by atomic mass is 32.1. The smallest absolute Gasteiger partial charge is 0.258 e. The second kappa shape index (κ2) is 7.17. The SMILES string of the molecule is Cc1ccc2oc(-c3ccc(C(=O)Nc4nc5sc(C)c(C)n5n4)cc3)cc(=O)c2c1. The van der Waals surface area contributed by atoms with E-state index in [9.17, 15) is 9.59 Å². The molecule has 8 heteroatoms. The van der Waals surface area contributed by atoms with Crippen molar-refractivity contribution in [2.75, 3.05) is 5.32 Å². The van der Waals surface area contributed by atoms with Gasteiger partial charge in [-0.25, -0.2) is 4.52 Å². The number of amides is 1. The molecule has 0 aliphatic carbocycles. The van der Waals surface area contributed by atoms with Crippen LogP contribution in [0, 0.1) is 20.8 Å². The fraction of sp³-hybridized carbons (Fsp3) is 0.130. The van der Waals surface area contributed by atoms with Crippen LogP contribution in [0.15, 0.2) is 57.7 Å². The third-order valence-corrected chi connectivity index (χ3v) is 6.24. The molecule has 0 unspecified atom stereocenters. The highest BCUT2D eigenvalue weighted by molar-refractivity contribution is 7.17. The Labute approximate surface area is 181 Å². The summed E-state index contributed by atoms with van der Waals surface area (Å²) < 4.78 is 7.63. The average molecular weight is 430 g/mol. The molecular weight excluding hydrogens is 412 g/mol. The zero-order valence-electron chi connectivity index (χ0n) is 17.1. The third kappa shape index (κ3) is 3.40. The second-order valence-electron chi connectivity index (χ2n) is 7.38. The van der Waals surface area contributed by atoms with Gasteiger partial charge in [0.25, 0.3) is 11.9 Å². The van der Waals surface area contributed by atoms with Crippen LogP contribution in [0.25, 0.3) is 27.3 Å². The topological polar surface area (TPSA) is 89.5 Å². The molecule has 5 rings (SSSR count). The maximum atomic E-state index is 12.6. The Bertz CT molecular complexity index is 1530. The lowest BCUT2D eigenvalue weighted by atomic mass is 10.1. The molecule has 7 nitrogen and oxygen atoms in total. The number of benzene rings is 2. The number of carbonyl (C=O) groups is 1. The lowest BCUT2D eigenvalue weighted by Gasteiger charge is -2.05. The van der Waals surface area contributed by atoms with E-state index in [1.165, 1.54) is 17.4 Å². The van der Waals surface area contributed by atoms with Crippen LogP contribution in [0.4, 0.5) is 5.95 Å². The summed E-state index contributed by atoms with van der Waals surface area (Å²) in [6.45, 7) is 5.90. The summed E-state index contributed by atoms with van der Waals surface area (Å²) in [4.78, 5) is 31.3. The first kappa shape index (κ1) is 19.2. The minimum absolute atomic E-state index is 0.0990. The summed E-state index contributed by atoms with van der Waals surface area (Å²) in [5, 5.41) is 7.63. The summed E-state index contributed by atoms with van der Waals surface area (Å²) in [7, 11) is 0. The monoisotopic (exact) mass is 430 g/mol. The molecule has 1 amide bonds. The van der Waals surface area contributed by atoms with Crippen molar-refractivity contribution in [1.82, 2.24) is 14.6 Å². The zero-order chi connectivity index (χ0) is 21.7. The van der Waals surface area contributed by atoms with Gasteiger partial charge in [-0.3, -0.25) is 14.9 Å². The third-order valence-electron chi connectivity index (χ3n) is 5.19. The molecule has 3 aromatic heterocycles. The molecule has 3 heterocycles. The highest BCUT2D eigenvalue weighted by Crippen LogP contribution is 2.24. The number of hydrogen-bond acceptors (Lipinski definition) is 6. The van der Waals surface area contributed by atoms with E-state index < -0.39 is 0 Å². The fourth-order valence-electron chi connectivity index (χ4n) is 3.37. The van der Waals surface area contributed by atoms with Crippen LogP contribution in [0.3, 0.4) is 0 Å². The summed E-state index contributed by atoms with van der Waals surface area (Å²) >= 11 is 1.53. The van der Waals surface area contributed by atoms with Gasteiger partial charge in [-0.15, -0.1) is 5.10 Å². The maximum absolute atomic E-state index is 12.6. The number of aryl methyl sites for hydroxylation is 3. The molecule has 0 aliphatic rings. The van der Waals surface area contributed by atoms with Crippen molar-refractivity contribution in [2.45, 2.75) is 20.8 Å². The van der Waals surface area contributed by atoms with Gasteiger partial charge >= 0.3 is 0 Å². The number of hydrogen-bond donors (Lipinski definition) is 1. The summed E-state index contributed by atoms with van der Waals surface area (Å²) in [6, 6.07) is 13.8. The first-order chi connectivity index (χ1) is 14.9. The van der Waals surface area contributed by atoms with Crippen molar-refractivity contribution in [3.63, 3.8) is 0 Å². The Morgan fingerprint density at radius 2 is 1.84 bits per heavy atom. The summed E-state index contributed by atoms with van der Waals surface area (Å²) in [6.07, 6.45) is 0. The molecule has 5 aromatic rings. The van der Waals surface area contributed by atoms with Crippen molar-refractivity contribution in [2.24, 2.45) is 0 Å². The minimum Gasteiger partial charge on any atom is -0.456 e. The quantitative estimate of drug-likeness (QED) is 0.446.